The molecule has 0 aliphatic carbocycles. The second-order valence-electron chi connectivity index (χ2n) is 4.88. The fourth-order valence-electron chi connectivity index (χ4n) is 2.64. The molecule has 0 bridgehead atoms. The molecule has 0 amide bonds. The number of ether oxygens (including phenoxy) is 1. The predicted molar refractivity (Wildman–Crippen MR) is 81.4 cm³/mol. The van der Waals surface area contributed by atoms with E-state index in [9.17, 15) is 0 Å². The van der Waals surface area contributed by atoms with Gasteiger partial charge < -0.3 is 10.1 Å². The van der Waals surface area contributed by atoms with Gasteiger partial charge in [-0.15, -0.1) is 11.3 Å². The summed E-state index contributed by atoms with van der Waals surface area (Å²) in [7, 11) is 0. The Labute approximate surface area is 122 Å². The lowest BCUT2D eigenvalue weighted by Gasteiger charge is -2.20. The van der Waals surface area contributed by atoms with Crippen molar-refractivity contribution in [2.24, 2.45) is 0 Å². The smallest absolute Gasteiger partial charge is 0.0704 e. The summed E-state index contributed by atoms with van der Waals surface area (Å²) in [4.78, 5) is 1.42. The first-order valence-electron chi connectivity index (χ1n) is 6.81. The molecule has 1 fully saturated rings. The highest BCUT2D eigenvalue weighted by Crippen LogP contribution is 2.33. The van der Waals surface area contributed by atoms with Crippen molar-refractivity contribution in [2.45, 2.75) is 51.7 Å². The summed E-state index contributed by atoms with van der Waals surface area (Å²) in [5.41, 5.74) is 1.45. The van der Waals surface area contributed by atoms with Gasteiger partial charge in [0.2, 0.25) is 0 Å². The molecule has 0 spiro atoms. The Morgan fingerprint density at radius 2 is 2.44 bits per heavy atom. The summed E-state index contributed by atoms with van der Waals surface area (Å²) >= 11 is 5.41. The Bertz CT molecular complexity index is 374. The van der Waals surface area contributed by atoms with Gasteiger partial charge in [-0.3, -0.25) is 0 Å². The van der Waals surface area contributed by atoms with Crippen molar-refractivity contribution in [3.8, 4) is 0 Å². The summed E-state index contributed by atoms with van der Waals surface area (Å²) < 4.78 is 6.95. The molecule has 0 saturated carbocycles. The van der Waals surface area contributed by atoms with Crippen molar-refractivity contribution in [1.29, 1.82) is 0 Å². The van der Waals surface area contributed by atoms with E-state index >= 15 is 0 Å². The topological polar surface area (TPSA) is 21.3 Å². The highest BCUT2D eigenvalue weighted by Gasteiger charge is 2.20. The molecule has 4 heteroatoms. The number of hydrogen-bond donors (Lipinski definition) is 1. The van der Waals surface area contributed by atoms with Crippen molar-refractivity contribution < 1.29 is 4.74 Å². The van der Waals surface area contributed by atoms with Gasteiger partial charge in [0.1, 0.15) is 0 Å². The lowest BCUT2D eigenvalue weighted by atomic mass is 10.00. The minimum atomic E-state index is 0.474. The van der Waals surface area contributed by atoms with Crippen LogP contribution in [0.15, 0.2) is 9.85 Å². The van der Waals surface area contributed by atoms with E-state index in [1.165, 1.54) is 39.9 Å². The summed E-state index contributed by atoms with van der Waals surface area (Å²) in [6.45, 7) is 6.36. The summed E-state index contributed by atoms with van der Waals surface area (Å²) in [6.07, 6.45) is 5.31. The van der Waals surface area contributed by atoms with Crippen LogP contribution < -0.4 is 5.32 Å². The molecule has 2 nitrogen and oxygen atoms in total. The quantitative estimate of drug-likeness (QED) is 0.832. The van der Waals surface area contributed by atoms with Crippen LogP contribution >= 0.6 is 27.3 Å². The number of thiophene rings is 1. The molecule has 2 unspecified atom stereocenters. The van der Waals surface area contributed by atoms with Gasteiger partial charge in [-0.05, 0) is 66.7 Å². The van der Waals surface area contributed by atoms with Crippen LogP contribution in [0.25, 0.3) is 0 Å². The van der Waals surface area contributed by atoms with Crippen molar-refractivity contribution in [1.82, 2.24) is 5.32 Å². The third kappa shape index (κ3) is 3.80. The Morgan fingerprint density at radius 1 is 1.61 bits per heavy atom. The molecule has 2 heterocycles. The standard InChI is InChI=1S/C14H22BrNOS/c1-3-16-13(7-6-11-5-4-8-17-11)12-9-14(15)18-10(12)2/h9,11,13,16H,3-8H2,1-2H3. The van der Waals surface area contributed by atoms with E-state index in [0.717, 1.165) is 13.2 Å². The maximum absolute atomic E-state index is 5.72. The number of aryl methyl sites for hydroxylation is 1. The average Bonchev–Trinajstić information content (AvgIpc) is 2.94. The molecule has 1 saturated heterocycles. The fraction of sp³-hybridized carbons (Fsp3) is 0.714. The van der Waals surface area contributed by atoms with Crippen LogP contribution in [0.2, 0.25) is 0 Å². The van der Waals surface area contributed by atoms with Gasteiger partial charge in [0.15, 0.2) is 0 Å². The lowest BCUT2D eigenvalue weighted by molar-refractivity contribution is 0.0996. The molecular formula is C14H22BrNOS. The molecule has 0 aromatic carbocycles. The van der Waals surface area contributed by atoms with Crippen LogP contribution in [-0.2, 0) is 4.74 Å². The second-order valence-corrected chi connectivity index (χ2v) is 7.52. The van der Waals surface area contributed by atoms with Crippen molar-refractivity contribution in [2.75, 3.05) is 13.2 Å². The SMILES string of the molecule is CCNC(CCC1CCCO1)c1cc(Br)sc1C. The van der Waals surface area contributed by atoms with Gasteiger partial charge in [-0.1, -0.05) is 6.92 Å². The largest absolute Gasteiger partial charge is 0.378 e. The Hall–Kier alpha value is 0.1000. The van der Waals surface area contributed by atoms with Crippen molar-refractivity contribution in [3.63, 3.8) is 0 Å². The number of nitrogens with one attached hydrogen (secondary N) is 1. The van der Waals surface area contributed by atoms with E-state index < -0.39 is 0 Å². The van der Waals surface area contributed by atoms with Crippen LogP contribution in [0.3, 0.4) is 0 Å². The highest BCUT2D eigenvalue weighted by molar-refractivity contribution is 9.11. The molecule has 2 atom stereocenters. The molecule has 1 aromatic heterocycles. The van der Waals surface area contributed by atoms with E-state index in [-0.39, 0.29) is 0 Å². The molecule has 18 heavy (non-hydrogen) atoms. The zero-order chi connectivity index (χ0) is 13.0. The first kappa shape index (κ1) is 14.5. The number of halogens is 1. The summed E-state index contributed by atoms with van der Waals surface area (Å²) in [5, 5.41) is 3.61. The van der Waals surface area contributed by atoms with E-state index in [1.807, 2.05) is 11.3 Å². The lowest BCUT2D eigenvalue weighted by Crippen LogP contribution is -2.22. The van der Waals surface area contributed by atoms with Gasteiger partial charge in [0.05, 0.1) is 9.89 Å². The monoisotopic (exact) mass is 331 g/mol. The first-order chi connectivity index (χ1) is 8.70. The normalized spacial score (nSPS) is 21.4. The Balaban J connectivity index is 1.96. The molecule has 2 rings (SSSR count). The molecule has 1 aliphatic rings. The van der Waals surface area contributed by atoms with E-state index in [0.29, 0.717) is 12.1 Å². The summed E-state index contributed by atoms with van der Waals surface area (Å²) in [6, 6.07) is 2.74. The maximum atomic E-state index is 5.72. The molecule has 1 N–H and O–H groups in total. The highest BCUT2D eigenvalue weighted by atomic mass is 79.9. The minimum absolute atomic E-state index is 0.474. The zero-order valence-corrected chi connectivity index (χ0v) is 13.6. The molecule has 1 aromatic rings. The minimum Gasteiger partial charge on any atom is -0.378 e. The Morgan fingerprint density at radius 3 is 3.00 bits per heavy atom. The predicted octanol–water partition coefficient (Wildman–Crippen LogP) is 4.43. The van der Waals surface area contributed by atoms with Crippen LogP contribution in [0.1, 0.15) is 49.1 Å². The van der Waals surface area contributed by atoms with Gasteiger partial charge in [0, 0.05) is 17.5 Å². The van der Waals surface area contributed by atoms with E-state index in [2.05, 4.69) is 41.2 Å². The maximum Gasteiger partial charge on any atom is 0.0704 e. The van der Waals surface area contributed by atoms with Crippen LogP contribution in [-0.4, -0.2) is 19.3 Å². The van der Waals surface area contributed by atoms with Crippen LogP contribution in [0, 0.1) is 6.92 Å². The van der Waals surface area contributed by atoms with E-state index in [4.69, 9.17) is 4.74 Å². The molecule has 1 aliphatic heterocycles. The molecule has 0 radical (unpaired) electrons. The first-order valence-corrected chi connectivity index (χ1v) is 8.42. The van der Waals surface area contributed by atoms with Gasteiger partial charge in [-0.25, -0.2) is 0 Å². The fourth-order valence-corrected chi connectivity index (χ4v) is 4.42. The third-order valence-corrected chi connectivity index (χ3v) is 5.12. The van der Waals surface area contributed by atoms with Crippen molar-refractivity contribution in [3.05, 3.63) is 20.3 Å². The van der Waals surface area contributed by atoms with Crippen LogP contribution in [0.5, 0.6) is 0 Å². The summed E-state index contributed by atoms with van der Waals surface area (Å²) in [5.74, 6) is 0. The average molecular weight is 332 g/mol. The second kappa shape index (κ2) is 7.04. The third-order valence-electron chi connectivity index (χ3n) is 3.55. The Kier molecular flexibility index (Phi) is 5.67. The van der Waals surface area contributed by atoms with Crippen LogP contribution in [0.4, 0.5) is 0 Å². The van der Waals surface area contributed by atoms with Crippen molar-refractivity contribution >= 4 is 27.3 Å². The van der Waals surface area contributed by atoms with Gasteiger partial charge in [-0.2, -0.15) is 0 Å². The zero-order valence-electron chi connectivity index (χ0n) is 11.2. The number of hydrogen-bond acceptors (Lipinski definition) is 3. The van der Waals surface area contributed by atoms with Gasteiger partial charge >= 0.3 is 0 Å². The molecule has 102 valence electrons. The van der Waals surface area contributed by atoms with Gasteiger partial charge in [0.25, 0.3) is 0 Å². The van der Waals surface area contributed by atoms with E-state index in [1.54, 1.807) is 0 Å². The number of rotatable bonds is 6. The molecular weight excluding hydrogens is 310 g/mol.